The summed E-state index contributed by atoms with van der Waals surface area (Å²) >= 11 is 5.74. The van der Waals surface area contributed by atoms with E-state index < -0.39 is 0 Å². The van der Waals surface area contributed by atoms with Crippen LogP contribution in [0.5, 0.6) is 0 Å². The van der Waals surface area contributed by atoms with Gasteiger partial charge < -0.3 is 0 Å². The molecule has 0 aliphatic rings. The lowest BCUT2D eigenvalue weighted by Crippen LogP contribution is -1.94. The molecule has 15 heavy (non-hydrogen) atoms. The fourth-order valence-corrected chi connectivity index (χ4v) is 1.62. The standard InChI is InChI=1S/C11H10ClFN2/c1-8-9(6-12)7-15(14-8)11-4-2-10(13)3-5-11/h2-5,7H,6H2,1H3. The molecule has 0 radical (unpaired) electrons. The molecule has 0 bridgehead atoms. The first-order valence-corrected chi connectivity index (χ1v) is 5.11. The third-order valence-electron chi connectivity index (χ3n) is 2.24. The maximum absolute atomic E-state index is 12.7. The third-order valence-corrected chi connectivity index (χ3v) is 2.52. The summed E-state index contributed by atoms with van der Waals surface area (Å²) in [5.74, 6) is 0.188. The van der Waals surface area contributed by atoms with Crippen LogP contribution in [-0.2, 0) is 5.88 Å². The Labute approximate surface area is 92.3 Å². The number of hydrogen-bond acceptors (Lipinski definition) is 1. The van der Waals surface area contributed by atoms with Crippen LogP contribution in [0.1, 0.15) is 11.3 Å². The Morgan fingerprint density at radius 3 is 2.53 bits per heavy atom. The van der Waals surface area contributed by atoms with Gasteiger partial charge in [0.15, 0.2) is 0 Å². The van der Waals surface area contributed by atoms with Crippen LogP contribution in [0.25, 0.3) is 5.69 Å². The van der Waals surface area contributed by atoms with Crippen LogP contribution in [0.4, 0.5) is 4.39 Å². The fourth-order valence-electron chi connectivity index (χ4n) is 1.35. The van der Waals surface area contributed by atoms with Crippen molar-refractivity contribution in [2.24, 2.45) is 0 Å². The van der Waals surface area contributed by atoms with Crippen LogP contribution in [0, 0.1) is 12.7 Å². The van der Waals surface area contributed by atoms with Crippen molar-refractivity contribution in [3.05, 3.63) is 47.5 Å². The van der Waals surface area contributed by atoms with Crippen molar-refractivity contribution in [3.8, 4) is 5.69 Å². The Kier molecular flexibility index (Phi) is 2.73. The van der Waals surface area contributed by atoms with Crippen molar-refractivity contribution < 1.29 is 4.39 Å². The van der Waals surface area contributed by atoms with Gasteiger partial charge in [-0.2, -0.15) is 5.10 Å². The minimum absolute atomic E-state index is 0.250. The normalized spacial score (nSPS) is 10.6. The number of hydrogen-bond donors (Lipinski definition) is 0. The summed E-state index contributed by atoms with van der Waals surface area (Å²) in [6, 6.07) is 6.18. The van der Waals surface area contributed by atoms with E-state index in [4.69, 9.17) is 11.6 Å². The average Bonchev–Trinajstić information content (AvgIpc) is 2.61. The first kappa shape index (κ1) is 10.2. The molecule has 78 valence electrons. The summed E-state index contributed by atoms with van der Waals surface area (Å²) in [4.78, 5) is 0. The average molecular weight is 225 g/mol. The molecule has 0 atom stereocenters. The van der Waals surface area contributed by atoms with Crippen molar-refractivity contribution in [2.75, 3.05) is 0 Å². The first-order valence-electron chi connectivity index (χ1n) is 4.58. The summed E-state index contributed by atoms with van der Waals surface area (Å²) in [6.07, 6.45) is 1.86. The molecule has 1 aromatic carbocycles. The minimum Gasteiger partial charge on any atom is -0.240 e. The van der Waals surface area contributed by atoms with E-state index in [9.17, 15) is 4.39 Å². The highest BCUT2D eigenvalue weighted by Crippen LogP contribution is 2.13. The summed E-state index contributed by atoms with van der Waals surface area (Å²) in [5, 5.41) is 4.29. The van der Waals surface area contributed by atoms with Gasteiger partial charge in [-0.1, -0.05) is 0 Å². The van der Waals surface area contributed by atoms with Gasteiger partial charge in [-0.05, 0) is 31.2 Å². The molecule has 2 rings (SSSR count). The molecule has 0 saturated carbocycles. The van der Waals surface area contributed by atoms with Crippen molar-refractivity contribution in [2.45, 2.75) is 12.8 Å². The highest BCUT2D eigenvalue weighted by atomic mass is 35.5. The van der Waals surface area contributed by atoms with Gasteiger partial charge in [0, 0.05) is 11.8 Å². The predicted octanol–water partition coefficient (Wildman–Crippen LogP) is 3.06. The zero-order chi connectivity index (χ0) is 10.8. The molecule has 0 fully saturated rings. The van der Waals surface area contributed by atoms with Crippen LogP contribution in [0.2, 0.25) is 0 Å². The number of benzene rings is 1. The van der Waals surface area contributed by atoms with Crippen LogP contribution >= 0.6 is 11.6 Å². The lowest BCUT2D eigenvalue weighted by atomic mass is 10.3. The Balaban J connectivity index is 2.41. The van der Waals surface area contributed by atoms with Gasteiger partial charge in [0.05, 0.1) is 17.3 Å². The molecule has 0 aliphatic carbocycles. The van der Waals surface area contributed by atoms with Crippen LogP contribution in [-0.4, -0.2) is 9.78 Å². The second-order valence-electron chi connectivity index (χ2n) is 3.29. The summed E-state index contributed by atoms with van der Waals surface area (Å²) in [5.41, 5.74) is 2.71. The third kappa shape index (κ3) is 2.02. The lowest BCUT2D eigenvalue weighted by molar-refractivity contribution is 0.627. The van der Waals surface area contributed by atoms with E-state index in [2.05, 4.69) is 5.10 Å². The molecule has 2 aromatic rings. The fraction of sp³-hybridized carbons (Fsp3) is 0.182. The Morgan fingerprint density at radius 2 is 2.00 bits per heavy atom. The van der Waals surface area contributed by atoms with Crippen LogP contribution in [0.15, 0.2) is 30.5 Å². The van der Waals surface area contributed by atoms with Crippen molar-refractivity contribution in [3.63, 3.8) is 0 Å². The molecule has 1 aromatic heterocycles. The second-order valence-corrected chi connectivity index (χ2v) is 3.56. The molecule has 1 heterocycles. The number of halogens is 2. The molecule has 0 spiro atoms. The Morgan fingerprint density at radius 1 is 1.33 bits per heavy atom. The van der Waals surface area contributed by atoms with Crippen LogP contribution < -0.4 is 0 Å². The number of rotatable bonds is 2. The molecule has 0 aliphatic heterocycles. The molecular formula is C11H10ClFN2. The molecule has 0 N–H and O–H groups in total. The predicted molar refractivity (Wildman–Crippen MR) is 57.8 cm³/mol. The van der Waals surface area contributed by atoms with E-state index in [1.54, 1.807) is 16.8 Å². The van der Waals surface area contributed by atoms with Gasteiger partial charge in [-0.25, -0.2) is 9.07 Å². The molecule has 2 nitrogen and oxygen atoms in total. The van der Waals surface area contributed by atoms with Gasteiger partial charge >= 0.3 is 0 Å². The summed E-state index contributed by atoms with van der Waals surface area (Å²) in [7, 11) is 0. The molecule has 0 unspecified atom stereocenters. The summed E-state index contributed by atoms with van der Waals surface area (Å²) < 4.78 is 14.4. The number of nitrogens with zero attached hydrogens (tertiary/aromatic N) is 2. The largest absolute Gasteiger partial charge is 0.240 e. The zero-order valence-electron chi connectivity index (χ0n) is 8.24. The maximum atomic E-state index is 12.7. The Bertz CT molecular complexity index is 462. The molecule has 0 amide bonds. The van der Waals surface area contributed by atoms with Gasteiger partial charge in [-0.15, -0.1) is 11.6 Å². The topological polar surface area (TPSA) is 17.8 Å². The first-order chi connectivity index (χ1) is 7.20. The number of aromatic nitrogens is 2. The van der Waals surface area contributed by atoms with Gasteiger partial charge in [0.1, 0.15) is 5.82 Å². The molecule has 4 heteroatoms. The van der Waals surface area contributed by atoms with E-state index in [-0.39, 0.29) is 5.82 Å². The SMILES string of the molecule is Cc1nn(-c2ccc(F)cc2)cc1CCl. The second kappa shape index (κ2) is 4.03. The molecule has 0 saturated heterocycles. The number of alkyl halides is 1. The minimum atomic E-state index is -0.250. The van der Waals surface area contributed by atoms with E-state index in [1.165, 1.54) is 12.1 Å². The van der Waals surface area contributed by atoms with E-state index in [1.807, 2.05) is 13.1 Å². The van der Waals surface area contributed by atoms with Crippen LogP contribution in [0.3, 0.4) is 0 Å². The number of aryl methyl sites for hydroxylation is 1. The van der Waals surface area contributed by atoms with E-state index in [0.717, 1.165) is 16.9 Å². The van der Waals surface area contributed by atoms with Crippen molar-refractivity contribution in [1.82, 2.24) is 9.78 Å². The highest BCUT2D eigenvalue weighted by Gasteiger charge is 2.04. The monoisotopic (exact) mass is 224 g/mol. The van der Waals surface area contributed by atoms with Gasteiger partial charge in [-0.3, -0.25) is 0 Å². The lowest BCUT2D eigenvalue weighted by Gasteiger charge is -1.99. The quantitative estimate of drug-likeness (QED) is 0.717. The Hall–Kier alpha value is -1.35. The smallest absolute Gasteiger partial charge is 0.123 e. The summed E-state index contributed by atoms with van der Waals surface area (Å²) in [6.45, 7) is 1.90. The maximum Gasteiger partial charge on any atom is 0.123 e. The van der Waals surface area contributed by atoms with Crippen molar-refractivity contribution >= 4 is 11.6 Å². The van der Waals surface area contributed by atoms with Gasteiger partial charge in [0.25, 0.3) is 0 Å². The van der Waals surface area contributed by atoms with Gasteiger partial charge in [0.2, 0.25) is 0 Å². The van der Waals surface area contributed by atoms with E-state index in [0.29, 0.717) is 5.88 Å². The van der Waals surface area contributed by atoms with Crippen molar-refractivity contribution in [1.29, 1.82) is 0 Å². The highest BCUT2D eigenvalue weighted by molar-refractivity contribution is 6.17. The van der Waals surface area contributed by atoms with E-state index >= 15 is 0 Å². The molecular weight excluding hydrogens is 215 g/mol. The zero-order valence-corrected chi connectivity index (χ0v) is 9.00.